The average molecular weight is 182 g/mol. The third kappa shape index (κ3) is 6.44. The van der Waals surface area contributed by atoms with Crippen LogP contribution in [0.3, 0.4) is 0 Å². The van der Waals surface area contributed by atoms with Crippen molar-refractivity contribution in [2.45, 2.75) is 32.4 Å². The first-order chi connectivity index (χ1) is 5.12. The summed E-state index contributed by atoms with van der Waals surface area (Å²) in [6.45, 7) is 4.54. The van der Waals surface area contributed by atoms with Crippen molar-refractivity contribution < 1.29 is 13.0 Å². The van der Waals surface area contributed by atoms with Gasteiger partial charge in [0, 0.05) is 19.3 Å². The van der Waals surface area contributed by atoms with Crippen LogP contribution in [0.1, 0.15) is 20.3 Å². The highest BCUT2D eigenvalue weighted by atomic mass is 28.4. The van der Waals surface area contributed by atoms with E-state index in [1.165, 1.54) is 0 Å². The number of hydrogen-bond acceptors (Lipinski definition) is 1. The topological polar surface area (TPSA) is 9.23 Å². The van der Waals surface area contributed by atoms with Crippen LogP contribution in [0.15, 0.2) is 0 Å². The van der Waals surface area contributed by atoms with Gasteiger partial charge >= 0.3 is 8.74 Å². The van der Waals surface area contributed by atoms with Crippen molar-refractivity contribution >= 4 is 8.74 Å². The first-order valence-corrected chi connectivity index (χ1v) is 6.25. The predicted octanol–water partition coefficient (Wildman–Crippen LogP) is 2.81. The standard InChI is InChI=1S/C7H16F2OSi/c1-3-10-6-5-7-11(8,9)4-2/h3-7H2,1-2H3. The molecule has 0 aromatic rings. The molecule has 0 spiro atoms. The number of halogens is 2. The zero-order valence-electron chi connectivity index (χ0n) is 7.20. The van der Waals surface area contributed by atoms with Gasteiger partial charge in [0.25, 0.3) is 0 Å². The van der Waals surface area contributed by atoms with Crippen molar-refractivity contribution in [3.05, 3.63) is 0 Å². The Hall–Kier alpha value is 0.0369. The molecule has 0 aromatic heterocycles. The lowest BCUT2D eigenvalue weighted by molar-refractivity contribution is 0.147. The molecule has 0 rings (SSSR count). The molecule has 0 saturated carbocycles. The highest BCUT2D eigenvalue weighted by molar-refractivity contribution is 6.65. The van der Waals surface area contributed by atoms with Crippen LogP contribution in [-0.2, 0) is 4.74 Å². The van der Waals surface area contributed by atoms with E-state index in [-0.39, 0.29) is 12.1 Å². The van der Waals surface area contributed by atoms with Gasteiger partial charge in [-0.3, -0.25) is 8.22 Å². The monoisotopic (exact) mass is 182 g/mol. The molecule has 0 fully saturated rings. The molecule has 4 heteroatoms. The molecule has 1 nitrogen and oxygen atoms in total. The second-order valence-electron chi connectivity index (χ2n) is 2.51. The summed E-state index contributed by atoms with van der Waals surface area (Å²) in [5.41, 5.74) is 0. The van der Waals surface area contributed by atoms with Crippen molar-refractivity contribution in [3.8, 4) is 0 Å². The molecule has 68 valence electrons. The summed E-state index contributed by atoms with van der Waals surface area (Å²) >= 11 is 0. The minimum Gasteiger partial charge on any atom is -0.382 e. The van der Waals surface area contributed by atoms with E-state index in [1.54, 1.807) is 6.92 Å². The van der Waals surface area contributed by atoms with Crippen LogP contribution in [0, 0.1) is 0 Å². The molecular weight excluding hydrogens is 166 g/mol. The van der Waals surface area contributed by atoms with E-state index in [9.17, 15) is 8.22 Å². The van der Waals surface area contributed by atoms with E-state index in [1.807, 2.05) is 6.92 Å². The van der Waals surface area contributed by atoms with Crippen LogP contribution in [0.2, 0.25) is 12.1 Å². The average Bonchev–Trinajstić information content (AvgIpc) is 1.99. The summed E-state index contributed by atoms with van der Waals surface area (Å²) in [6, 6.07) is 0.155. The number of hydrogen-bond donors (Lipinski definition) is 0. The molecule has 0 aliphatic heterocycles. The second kappa shape index (κ2) is 5.66. The van der Waals surface area contributed by atoms with Crippen molar-refractivity contribution in [2.75, 3.05) is 13.2 Å². The van der Waals surface area contributed by atoms with Gasteiger partial charge in [0.15, 0.2) is 0 Å². The molecule has 0 aliphatic rings. The maximum absolute atomic E-state index is 12.7. The molecule has 0 N–H and O–H groups in total. The molecule has 0 saturated heterocycles. The van der Waals surface area contributed by atoms with Gasteiger partial charge in [-0.1, -0.05) is 6.92 Å². The zero-order chi connectivity index (χ0) is 8.74. The van der Waals surface area contributed by atoms with Crippen LogP contribution in [-0.4, -0.2) is 22.0 Å². The lowest BCUT2D eigenvalue weighted by Gasteiger charge is -2.09. The Labute approximate surface area is 68.1 Å². The van der Waals surface area contributed by atoms with Gasteiger partial charge in [-0.2, -0.15) is 0 Å². The van der Waals surface area contributed by atoms with E-state index in [0.717, 1.165) is 0 Å². The fraction of sp³-hybridized carbons (Fsp3) is 1.00. The van der Waals surface area contributed by atoms with E-state index >= 15 is 0 Å². The van der Waals surface area contributed by atoms with Gasteiger partial charge in [0.05, 0.1) is 0 Å². The smallest absolute Gasteiger partial charge is 0.382 e. The molecule has 0 heterocycles. The van der Waals surface area contributed by atoms with Crippen molar-refractivity contribution in [1.29, 1.82) is 0 Å². The first kappa shape index (κ1) is 11.0. The van der Waals surface area contributed by atoms with Gasteiger partial charge in [-0.15, -0.1) is 0 Å². The van der Waals surface area contributed by atoms with Crippen LogP contribution in [0.25, 0.3) is 0 Å². The molecule has 0 unspecified atom stereocenters. The second-order valence-corrected chi connectivity index (χ2v) is 5.43. The molecule has 11 heavy (non-hydrogen) atoms. The summed E-state index contributed by atoms with van der Waals surface area (Å²) in [4.78, 5) is 0. The molecular formula is C7H16F2OSi. The van der Waals surface area contributed by atoms with E-state index in [2.05, 4.69) is 0 Å². The molecule has 0 atom stereocenters. The zero-order valence-corrected chi connectivity index (χ0v) is 8.20. The Morgan fingerprint density at radius 3 is 2.36 bits per heavy atom. The predicted molar refractivity (Wildman–Crippen MR) is 44.4 cm³/mol. The van der Waals surface area contributed by atoms with Crippen LogP contribution >= 0.6 is 0 Å². The maximum atomic E-state index is 12.7. The lowest BCUT2D eigenvalue weighted by Crippen LogP contribution is -2.20. The fourth-order valence-electron chi connectivity index (χ4n) is 0.754. The summed E-state index contributed by atoms with van der Waals surface area (Å²) in [5.74, 6) is 0. The Kier molecular flexibility index (Phi) is 5.68. The highest BCUT2D eigenvalue weighted by Crippen LogP contribution is 2.19. The SMILES string of the molecule is CCOCCC[Si](F)(F)CC. The quantitative estimate of drug-likeness (QED) is 0.349. The minimum atomic E-state index is -3.81. The molecule has 0 bridgehead atoms. The number of ether oxygens (including phenoxy) is 1. The van der Waals surface area contributed by atoms with Crippen molar-refractivity contribution in [2.24, 2.45) is 0 Å². The normalized spacial score (nSPS) is 12.0. The fourth-order valence-corrected chi connectivity index (χ4v) is 1.77. The van der Waals surface area contributed by atoms with E-state index in [4.69, 9.17) is 4.74 Å². The molecule has 0 radical (unpaired) electrons. The van der Waals surface area contributed by atoms with Crippen LogP contribution in [0.5, 0.6) is 0 Å². The van der Waals surface area contributed by atoms with Gasteiger partial charge in [-0.25, -0.2) is 0 Å². The Balaban J connectivity index is 3.23. The van der Waals surface area contributed by atoms with Crippen LogP contribution < -0.4 is 0 Å². The Morgan fingerprint density at radius 2 is 1.91 bits per heavy atom. The Morgan fingerprint density at radius 1 is 1.27 bits per heavy atom. The maximum Gasteiger partial charge on any atom is 0.424 e. The van der Waals surface area contributed by atoms with Crippen LogP contribution in [0.4, 0.5) is 8.22 Å². The number of rotatable bonds is 6. The molecule has 0 amide bonds. The summed E-state index contributed by atoms with van der Waals surface area (Å²) < 4.78 is 30.3. The van der Waals surface area contributed by atoms with E-state index in [0.29, 0.717) is 19.6 Å². The minimum absolute atomic E-state index is 0.0686. The molecule has 0 aliphatic carbocycles. The van der Waals surface area contributed by atoms with Crippen molar-refractivity contribution in [1.82, 2.24) is 0 Å². The van der Waals surface area contributed by atoms with Gasteiger partial charge in [0.2, 0.25) is 0 Å². The summed E-state index contributed by atoms with van der Waals surface area (Å²) in [6.07, 6.45) is 0.515. The van der Waals surface area contributed by atoms with Crippen molar-refractivity contribution in [3.63, 3.8) is 0 Å². The van der Waals surface area contributed by atoms with Gasteiger partial charge in [0.1, 0.15) is 0 Å². The highest BCUT2D eigenvalue weighted by Gasteiger charge is 2.31. The van der Waals surface area contributed by atoms with Gasteiger partial charge < -0.3 is 4.74 Å². The third-order valence-electron chi connectivity index (χ3n) is 1.55. The lowest BCUT2D eigenvalue weighted by atomic mass is 10.5. The van der Waals surface area contributed by atoms with E-state index < -0.39 is 8.74 Å². The summed E-state index contributed by atoms with van der Waals surface area (Å²) in [7, 11) is -3.81. The largest absolute Gasteiger partial charge is 0.424 e. The third-order valence-corrected chi connectivity index (χ3v) is 3.67. The Bertz CT molecular complexity index is 98.4. The van der Waals surface area contributed by atoms with Gasteiger partial charge in [-0.05, 0) is 19.4 Å². The molecule has 0 aromatic carbocycles. The first-order valence-electron chi connectivity index (χ1n) is 4.08. The summed E-state index contributed by atoms with van der Waals surface area (Å²) in [5, 5.41) is 0.